The molecule has 0 saturated carbocycles. The number of piperazine rings is 1. The van der Waals surface area contributed by atoms with Gasteiger partial charge in [0.2, 0.25) is 10.0 Å². The molecule has 3 aliphatic rings. The molecule has 13 heteroatoms. The quantitative estimate of drug-likeness (QED) is 0.224. The summed E-state index contributed by atoms with van der Waals surface area (Å²) in [6, 6.07) is 6.63. The van der Waals surface area contributed by atoms with Crippen molar-refractivity contribution in [2.75, 3.05) is 31.9 Å². The third-order valence-corrected chi connectivity index (χ3v) is 9.34. The zero-order valence-electron chi connectivity index (χ0n) is 22.1. The number of unbranched alkanes of at least 4 members (excludes halogenated alkanes) is 2. The number of sulfonamides is 1. The summed E-state index contributed by atoms with van der Waals surface area (Å²) in [5.41, 5.74) is 1.32. The lowest BCUT2D eigenvalue weighted by Gasteiger charge is -2.40. The van der Waals surface area contributed by atoms with Gasteiger partial charge in [0.05, 0.1) is 18.7 Å². The maximum atomic E-state index is 13.0. The molecule has 2 unspecified atom stereocenters. The molecule has 39 heavy (non-hydrogen) atoms. The number of rotatable bonds is 12. The summed E-state index contributed by atoms with van der Waals surface area (Å²) in [4.78, 5) is 65.1. The Bertz CT molecular complexity index is 1230. The zero-order valence-corrected chi connectivity index (χ0v) is 22.9. The number of quaternary nitrogens is 1. The summed E-state index contributed by atoms with van der Waals surface area (Å²) in [5, 5.41) is 3.08. The first kappa shape index (κ1) is 28.7. The fourth-order valence-corrected chi connectivity index (χ4v) is 7.26. The van der Waals surface area contributed by atoms with Crippen LogP contribution in [0.1, 0.15) is 67.8 Å². The van der Waals surface area contributed by atoms with Gasteiger partial charge < -0.3 is 14.6 Å². The summed E-state index contributed by atoms with van der Waals surface area (Å²) in [6.07, 6.45) is 2.73. The van der Waals surface area contributed by atoms with Crippen LogP contribution in [0.2, 0.25) is 0 Å². The molecule has 12 nitrogen and oxygen atoms in total. The van der Waals surface area contributed by atoms with Crippen LogP contribution in [-0.4, -0.2) is 89.8 Å². The van der Waals surface area contributed by atoms with Crippen LogP contribution in [0, 0.1) is 0 Å². The summed E-state index contributed by atoms with van der Waals surface area (Å²) in [7, 11) is -3.61. The van der Waals surface area contributed by atoms with E-state index in [1.165, 1.54) is 0 Å². The third-order valence-electron chi connectivity index (χ3n) is 7.44. The van der Waals surface area contributed by atoms with E-state index in [1.807, 2.05) is 19.1 Å². The zero-order chi connectivity index (χ0) is 28.2. The Morgan fingerprint density at radius 1 is 1.05 bits per heavy atom. The molecule has 3 heterocycles. The lowest BCUT2D eigenvalue weighted by Crippen LogP contribution is -2.61. The van der Waals surface area contributed by atoms with E-state index in [2.05, 4.69) is 5.32 Å². The molecule has 0 aliphatic carbocycles. The van der Waals surface area contributed by atoms with Crippen molar-refractivity contribution in [3.63, 3.8) is 0 Å². The molecule has 212 valence electrons. The standard InChI is InChI=1S/C26H34N4O8S/c1-2-3-4-15-39(36,37)29-21-12-14-30(17-21,18-24(29)33)16-19-5-7-20(8-6-19)26(35)27-13-11-25(34)38-28-22(31)9-10-23(28)32/h5-8,21H,2-4,9-18H2,1H3/p+1. The van der Waals surface area contributed by atoms with E-state index in [4.69, 9.17) is 4.84 Å². The van der Waals surface area contributed by atoms with Gasteiger partial charge in [-0.15, -0.1) is 5.06 Å². The van der Waals surface area contributed by atoms with E-state index in [0.29, 0.717) is 47.6 Å². The number of benzene rings is 1. The van der Waals surface area contributed by atoms with E-state index >= 15 is 0 Å². The lowest BCUT2D eigenvalue weighted by atomic mass is 10.1. The Morgan fingerprint density at radius 2 is 1.74 bits per heavy atom. The number of carbonyl (C=O) groups excluding carboxylic acids is 5. The second-order valence-corrected chi connectivity index (χ2v) is 12.4. The molecule has 3 aliphatic heterocycles. The molecular weight excluding hydrogens is 528 g/mol. The highest BCUT2D eigenvalue weighted by molar-refractivity contribution is 7.89. The maximum absolute atomic E-state index is 13.0. The largest absolute Gasteiger partial charge is 0.351 e. The van der Waals surface area contributed by atoms with Gasteiger partial charge in [0.25, 0.3) is 23.6 Å². The summed E-state index contributed by atoms with van der Waals surface area (Å²) in [5.74, 6) is -2.65. The average Bonchev–Trinajstić information content (AvgIpc) is 3.37. The SMILES string of the molecule is CCCCCS(=O)(=O)N1C(=O)C[N+]2(Cc3ccc(C(=O)NCCC(=O)ON4C(=O)CCC4=O)cc3)CCC1C2. The number of amides is 4. The molecule has 2 bridgehead atoms. The van der Waals surface area contributed by atoms with Crippen LogP contribution >= 0.6 is 0 Å². The van der Waals surface area contributed by atoms with Gasteiger partial charge in [-0.2, -0.15) is 0 Å². The molecule has 0 spiro atoms. The van der Waals surface area contributed by atoms with Crippen LogP contribution in [0.25, 0.3) is 0 Å². The normalized spacial score (nSPS) is 22.9. The van der Waals surface area contributed by atoms with Crippen molar-refractivity contribution in [1.29, 1.82) is 0 Å². The third kappa shape index (κ3) is 6.64. The second kappa shape index (κ2) is 11.8. The Balaban J connectivity index is 1.27. The Morgan fingerprint density at radius 3 is 2.41 bits per heavy atom. The molecule has 2 atom stereocenters. The number of nitrogens with zero attached hydrogens (tertiary/aromatic N) is 3. The highest BCUT2D eigenvalue weighted by Gasteiger charge is 2.52. The van der Waals surface area contributed by atoms with Crippen molar-refractivity contribution in [3.05, 3.63) is 35.4 Å². The lowest BCUT2D eigenvalue weighted by molar-refractivity contribution is -0.925. The molecule has 3 fully saturated rings. The van der Waals surface area contributed by atoms with Gasteiger partial charge in [0.1, 0.15) is 19.1 Å². The van der Waals surface area contributed by atoms with Crippen LogP contribution in [0.3, 0.4) is 0 Å². The highest BCUT2D eigenvalue weighted by Crippen LogP contribution is 2.33. The highest BCUT2D eigenvalue weighted by atomic mass is 32.2. The summed E-state index contributed by atoms with van der Waals surface area (Å²) < 4.78 is 27.3. The number of fused-ring (bicyclic) bond motifs is 2. The minimum absolute atomic E-state index is 0.00554. The minimum Gasteiger partial charge on any atom is -0.351 e. The predicted octanol–water partition coefficient (Wildman–Crippen LogP) is 0.865. The van der Waals surface area contributed by atoms with Gasteiger partial charge in [0, 0.05) is 36.9 Å². The van der Waals surface area contributed by atoms with Crippen LogP contribution < -0.4 is 5.32 Å². The molecule has 0 radical (unpaired) electrons. The van der Waals surface area contributed by atoms with Crippen LogP contribution in [0.5, 0.6) is 0 Å². The fraction of sp³-hybridized carbons (Fsp3) is 0.577. The number of hydrogen-bond donors (Lipinski definition) is 1. The van der Waals surface area contributed by atoms with Gasteiger partial charge in [0.15, 0.2) is 6.54 Å². The van der Waals surface area contributed by atoms with Crippen LogP contribution in [0.15, 0.2) is 24.3 Å². The average molecular weight is 564 g/mol. The van der Waals surface area contributed by atoms with Crippen LogP contribution in [-0.2, 0) is 40.6 Å². The number of imide groups is 1. The molecular formula is C26H35N4O8S+. The van der Waals surface area contributed by atoms with Gasteiger partial charge in [-0.1, -0.05) is 31.9 Å². The first-order valence-corrected chi connectivity index (χ1v) is 15.0. The van der Waals surface area contributed by atoms with E-state index in [0.717, 1.165) is 22.7 Å². The molecule has 0 aromatic heterocycles. The van der Waals surface area contributed by atoms with Crippen molar-refractivity contribution >= 4 is 39.6 Å². The molecule has 1 aromatic rings. The Kier molecular flexibility index (Phi) is 8.70. The van der Waals surface area contributed by atoms with Crippen molar-refractivity contribution in [1.82, 2.24) is 14.7 Å². The van der Waals surface area contributed by atoms with Crippen molar-refractivity contribution in [2.45, 2.75) is 64.5 Å². The number of hydrogen-bond acceptors (Lipinski definition) is 8. The Hall–Kier alpha value is -3.32. The van der Waals surface area contributed by atoms with Gasteiger partial charge in [-0.3, -0.25) is 19.2 Å². The van der Waals surface area contributed by atoms with Gasteiger partial charge >= 0.3 is 5.97 Å². The molecule has 4 rings (SSSR count). The first-order valence-electron chi connectivity index (χ1n) is 13.4. The number of hydroxylamine groups is 2. The van der Waals surface area contributed by atoms with Gasteiger partial charge in [-0.25, -0.2) is 17.5 Å². The van der Waals surface area contributed by atoms with E-state index in [9.17, 15) is 32.4 Å². The molecule has 4 amide bonds. The van der Waals surface area contributed by atoms with E-state index in [1.54, 1.807) is 12.1 Å². The monoisotopic (exact) mass is 563 g/mol. The maximum Gasteiger partial charge on any atom is 0.334 e. The second-order valence-electron chi connectivity index (χ2n) is 10.5. The van der Waals surface area contributed by atoms with E-state index in [-0.39, 0.29) is 50.1 Å². The molecule has 1 N–H and O–H groups in total. The van der Waals surface area contributed by atoms with E-state index < -0.39 is 33.7 Å². The molecule has 3 saturated heterocycles. The molecule has 1 aromatic carbocycles. The minimum atomic E-state index is -3.61. The Labute approximate surface area is 227 Å². The predicted molar refractivity (Wildman–Crippen MR) is 138 cm³/mol. The van der Waals surface area contributed by atoms with Crippen LogP contribution in [0.4, 0.5) is 0 Å². The number of nitrogens with one attached hydrogen (secondary N) is 1. The topological polar surface area (TPSA) is 147 Å². The summed E-state index contributed by atoms with van der Waals surface area (Å²) >= 11 is 0. The van der Waals surface area contributed by atoms with Crippen molar-refractivity contribution in [2.24, 2.45) is 0 Å². The number of carbonyl (C=O) groups is 5. The first-order chi connectivity index (χ1) is 18.5. The van der Waals surface area contributed by atoms with Crippen molar-refractivity contribution in [3.8, 4) is 0 Å². The smallest absolute Gasteiger partial charge is 0.334 e. The summed E-state index contributed by atoms with van der Waals surface area (Å²) in [6.45, 7) is 3.97. The van der Waals surface area contributed by atoms with Gasteiger partial charge in [-0.05, 0) is 18.6 Å². The van der Waals surface area contributed by atoms with Crippen molar-refractivity contribution < 1.29 is 41.7 Å². The fourth-order valence-electron chi connectivity index (χ4n) is 5.50.